The average molecular weight is 219 g/mol. The van der Waals surface area contributed by atoms with Crippen molar-refractivity contribution in [3.05, 3.63) is 12.2 Å². The van der Waals surface area contributed by atoms with E-state index in [2.05, 4.69) is 30.9 Å². The minimum atomic E-state index is 0.864. The van der Waals surface area contributed by atoms with Crippen LogP contribution in [-0.2, 0) is 0 Å². The van der Waals surface area contributed by atoms with Crippen LogP contribution in [0, 0.1) is 23.7 Å². The molecule has 4 unspecified atom stereocenters. The number of rotatable bonds is 3. The highest BCUT2D eigenvalue weighted by Gasteiger charge is 2.52. The SMILES string of the molecule is CCN(CC)C1C2C=CC1C1CCCCC21. The summed E-state index contributed by atoms with van der Waals surface area (Å²) in [5, 5.41) is 0. The van der Waals surface area contributed by atoms with E-state index in [4.69, 9.17) is 0 Å². The van der Waals surface area contributed by atoms with Crippen molar-refractivity contribution >= 4 is 0 Å². The normalized spacial score (nSPS) is 45.3. The highest BCUT2D eigenvalue weighted by molar-refractivity contribution is 5.21. The van der Waals surface area contributed by atoms with Gasteiger partial charge in [0.15, 0.2) is 0 Å². The van der Waals surface area contributed by atoms with Gasteiger partial charge in [-0.05, 0) is 49.6 Å². The Morgan fingerprint density at radius 2 is 1.44 bits per heavy atom. The Morgan fingerprint density at radius 3 is 1.88 bits per heavy atom. The van der Waals surface area contributed by atoms with Crippen molar-refractivity contribution in [3.63, 3.8) is 0 Å². The molecule has 0 heterocycles. The van der Waals surface area contributed by atoms with Crippen LogP contribution in [0.3, 0.4) is 0 Å². The Hall–Kier alpha value is -0.300. The van der Waals surface area contributed by atoms with Crippen molar-refractivity contribution in [1.82, 2.24) is 4.90 Å². The molecule has 2 fully saturated rings. The molecule has 90 valence electrons. The lowest BCUT2D eigenvalue weighted by Gasteiger charge is -2.31. The molecule has 4 atom stereocenters. The third-order valence-electron chi connectivity index (χ3n) is 5.44. The van der Waals surface area contributed by atoms with Gasteiger partial charge < -0.3 is 0 Å². The van der Waals surface area contributed by atoms with Gasteiger partial charge in [0, 0.05) is 6.04 Å². The Labute approximate surface area is 99.9 Å². The first-order chi connectivity index (χ1) is 7.86. The van der Waals surface area contributed by atoms with Gasteiger partial charge in [0.1, 0.15) is 0 Å². The zero-order valence-electron chi connectivity index (χ0n) is 10.7. The second-order valence-electron chi connectivity index (χ2n) is 5.86. The first-order valence-electron chi connectivity index (χ1n) is 7.29. The molecule has 2 saturated carbocycles. The van der Waals surface area contributed by atoms with Gasteiger partial charge in [0.2, 0.25) is 0 Å². The summed E-state index contributed by atoms with van der Waals surface area (Å²) in [6, 6.07) is 0.864. The van der Waals surface area contributed by atoms with Crippen molar-refractivity contribution in [2.75, 3.05) is 13.1 Å². The Morgan fingerprint density at radius 1 is 0.938 bits per heavy atom. The zero-order chi connectivity index (χ0) is 11.1. The molecule has 0 N–H and O–H groups in total. The van der Waals surface area contributed by atoms with Crippen molar-refractivity contribution in [2.45, 2.75) is 45.6 Å². The molecule has 1 nitrogen and oxygen atoms in total. The van der Waals surface area contributed by atoms with Crippen LogP contribution in [-0.4, -0.2) is 24.0 Å². The molecule has 16 heavy (non-hydrogen) atoms. The van der Waals surface area contributed by atoms with Gasteiger partial charge in [-0.3, -0.25) is 4.90 Å². The van der Waals surface area contributed by atoms with Gasteiger partial charge in [-0.15, -0.1) is 0 Å². The van der Waals surface area contributed by atoms with Crippen molar-refractivity contribution in [2.24, 2.45) is 23.7 Å². The monoisotopic (exact) mass is 219 g/mol. The first kappa shape index (κ1) is 10.8. The fraction of sp³-hybridized carbons (Fsp3) is 0.867. The van der Waals surface area contributed by atoms with Gasteiger partial charge in [-0.2, -0.15) is 0 Å². The molecule has 3 aliphatic carbocycles. The van der Waals surface area contributed by atoms with E-state index in [1.165, 1.54) is 38.8 Å². The van der Waals surface area contributed by atoms with Gasteiger partial charge in [-0.25, -0.2) is 0 Å². The molecule has 2 bridgehead atoms. The maximum atomic E-state index is 2.72. The summed E-state index contributed by atoms with van der Waals surface area (Å²) in [6.07, 6.45) is 11.1. The van der Waals surface area contributed by atoms with E-state index in [0.29, 0.717) is 0 Å². The van der Waals surface area contributed by atoms with Gasteiger partial charge in [-0.1, -0.05) is 38.8 Å². The molecule has 0 aromatic heterocycles. The minimum absolute atomic E-state index is 0.864. The summed E-state index contributed by atoms with van der Waals surface area (Å²) < 4.78 is 0. The number of nitrogens with zero attached hydrogens (tertiary/aromatic N) is 1. The van der Waals surface area contributed by atoms with E-state index < -0.39 is 0 Å². The van der Waals surface area contributed by atoms with Gasteiger partial charge in [0.25, 0.3) is 0 Å². The molecule has 0 spiro atoms. The Kier molecular flexibility index (Phi) is 2.83. The summed E-state index contributed by atoms with van der Waals surface area (Å²) in [4.78, 5) is 2.72. The van der Waals surface area contributed by atoms with Crippen LogP contribution < -0.4 is 0 Å². The minimum Gasteiger partial charge on any atom is -0.300 e. The molecule has 0 aromatic carbocycles. The third-order valence-corrected chi connectivity index (χ3v) is 5.44. The quantitative estimate of drug-likeness (QED) is 0.658. The van der Waals surface area contributed by atoms with Crippen molar-refractivity contribution < 1.29 is 0 Å². The molecule has 1 heteroatoms. The highest BCUT2D eigenvalue weighted by atomic mass is 15.2. The molecule has 3 rings (SSSR count). The smallest absolute Gasteiger partial charge is 0.0226 e. The standard InChI is InChI=1S/C15H25N/c1-3-16(4-2)15-13-9-10-14(15)12-8-6-5-7-11(12)13/h9-15H,3-8H2,1-2H3. The molecule has 0 aromatic rings. The third kappa shape index (κ3) is 1.40. The van der Waals surface area contributed by atoms with E-state index in [1.54, 1.807) is 0 Å². The van der Waals surface area contributed by atoms with Crippen LogP contribution in [0.2, 0.25) is 0 Å². The maximum absolute atomic E-state index is 2.72. The summed E-state index contributed by atoms with van der Waals surface area (Å²) >= 11 is 0. The predicted molar refractivity (Wildman–Crippen MR) is 68.3 cm³/mol. The highest BCUT2D eigenvalue weighted by Crippen LogP contribution is 2.55. The summed E-state index contributed by atoms with van der Waals surface area (Å²) in [5.74, 6) is 3.87. The Bertz CT molecular complexity index is 257. The molecule has 0 radical (unpaired) electrons. The van der Waals surface area contributed by atoms with Crippen molar-refractivity contribution in [1.29, 1.82) is 0 Å². The topological polar surface area (TPSA) is 3.24 Å². The molecule has 0 saturated heterocycles. The van der Waals surface area contributed by atoms with E-state index in [9.17, 15) is 0 Å². The van der Waals surface area contributed by atoms with Crippen LogP contribution in [0.1, 0.15) is 39.5 Å². The number of hydrogen-bond acceptors (Lipinski definition) is 1. The number of hydrogen-bond donors (Lipinski definition) is 0. The van der Waals surface area contributed by atoms with E-state index >= 15 is 0 Å². The lowest BCUT2D eigenvalue weighted by molar-refractivity contribution is 0.172. The predicted octanol–water partition coefficient (Wildman–Crippen LogP) is 3.32. The van der Waals surface area contributed by atoms with E-state index in [1.807, 2.05) is 0 Å². The zero-order valence-corrected chi connectivity index (χ0v) is 10.7. The van der Waals surface area contributed by atoms with E-state index in [-0.39, 0.29) is 0 Å². The maximum Gasteiger partial charge on any atom is 0.0226 e. The summed E-state index contributed by atoms with van der Waals surface area (Å²) in [7, 11) is 0. The average Bonchev–Trinajstić information content (AvgIpc) is 2.88. The summed E-state index contributed by atoms with van der Waals surface area (Å²) in [6.45, 7) is 7.11. The Balaban J connectivity index is 1.83. The fourth-order valence-electron chi connectivity index (χ4n) is 4.81. The molecular formula is C15H25N. The van der Waals surface area contributed by atoms with Crippen molar-refractivity contribution in [3.8, 4) is 0 Å². The van der Waals surface area contributed by atoms with Gasteiger partial charge >= 0.3 is 0 Å². The van der Waals surface area contributed by atoms with Crippen LogP contribution in [0.4, 0.5) is 0 Å². The van der Waals surface area contributed by atoms with Crippen LogP contribution >= 0.6 is 0 Å². The van der Waals surface area contributed by atoms with Crippen LogP contribution in [0.5, 0.6) is 0 Å². The molecule has 3 aliphatic rings. The molecule has 0 amide bonds. The molecule has 0 aliphatic heterocycles. The molecular weight excluding hydrogens is 194 g/mol. The van der Waals surface area contributed by atoms with Crippen LogP contribution in [0.15, 0.2) is 12.2 Å². The summed E-state index contributed by atoms with van der Waals surface area (Å²) in [5.41, 5.74) is 0. The second-order valence-corrected chi connectivity index (χ2v) is 5.86. The number of fused-ring (bicyclic) bond motifs is 5. The van der Waals surface area contributed by atoms with E-state index in [0.717, 1.165) is 29.7 Å². The van der Waals surface area contributed by atoms with Crippen LogP contribution in [0.25, 0.3) is 0 Å². The second kappa shape index (κ2) is 4.18. The lowest BCUT2D eigenvalue weighted by atomic mass is 9.73. The fourth-order valence-corrected chi connectivity index (χ4v) is 4.81. The largest absolute Gasteiger partial charge is 0.300 e. The van der Waals surface area contributed by atoms with Gasteiger partial charge in [0.05, 0.1) is 0 Å². The first-order valence-corrected chi connectivity index (χ1v) is 7.29. The lowest BCUT2D eigenvalue weighted by Crippen LogP contribution is -2.39.